The maximum atomic E-state index is 13.6. The topological polar surface area (TPSA) is 222 Å². The van der Waals surface area contributed by atoms with E-state index in [0.29, 0.717) is 41.7 Å². The fourth-order valence-electron chi connectivity index (χ4n) is 8.46. The first-order valence-corrected chi connectivity index (χ1v) is 21.1. The van der Waals surface area contributed by atoms with Gasteiger partial charge in [0.1, 0.15) is 36.5 Å². The van der Waals surface area contributed by atoms with Gasteiger partial charge < -0.3 is 35.6 Å². The average molecular weight is 855 g/mol. The number of rotatable bonds is 15. The number of hydrogen-bond donors (Lipinski definition) is 4. The summed E-state index contributed by atoms with van der Waals surface area (Å²) in [6.45, 7) is 5.77. The molecule has 1 aliphatic heterocycles. The van der Waals surface area contributed by atoms with Gasteiger partial charge >= 0.3 is 6.09 Å². The molecule has 1 aromatic heterocycles. The van der Waals surface area contributed by atoms with Gasteiger partial charge in [0.05, 0.1) is 30.3 Å². The van der Waals surface area contributed by atoms with E-state index in [1.807, 2.05) is 62.4 Å². The Morgan fingerprint density at radius 1 is 0.937 bits per heavy atom. The molecule has 4 aromatic rings. The molecule has 0 bridgehead atoms. The van der Waals surface area contributed by atoms with Crippen LogP contribution >= 0.6 is 0 Å². The SMILES string of the molecule is CC(NC[C@@H](NC(=O)OCC1c2ccccc2-c2ccccc21)C(=O)NCCCOc1ccc2ncnc(C(=O)NCC(=O)N3CCC[C@H]3C#N)c2c1)=C1C(=O)CC(C)(C)CC1=O. The van der Waals surface area contributed by atoms with E-state index in [4.69, 9.17) is 9.47 Å². The van der Waals surface area contributed by atoms with E-state index < -0.39 is 35.4 Å². The van der Waals surface area contributed by atoms with Crippen LogP contribution in [0.2, 0.25) is 0 Å². The lowest BCUT2D eigenvalue weighted by atomic mass is 9.73. The summed E-state index contributed by atoms with van der Waals surface area (Å²) in [5.41, 5.74) is 4.72. The Kier molecular flexibility index (Phi) is 13.4. The lowest BCUT2D eigenvalue weighted by Gasteiger charge is -2.29. The number of allylic oxidation sites excluding steroid dienone is 2. The second-order valence-electron chi connectivity index (χ2n) is 16.7. The predicted molar refractivity (Wildman–Crippen MR) is 231 cm³/mol. The molecule has 0 radical (unpaired) electrons. The van der Waals surface area contributed by atoms with Crippen LogP contribution in [0.3, 0.4) is 0 Å². The van der Waals surface area contributed by atoms with Crippen molar-refractivity contribution >= 4 is 46.3 Å². The van der Waals surface area contributed by atoms with E-state index >= 15 is 0 Å². The molecule has 326 valence electrons. The first kappa shape index (κ1) is 43.9. The third-order valence-electron chi connectivity index (χ3n) is 11.6. The van der Waals surface area contributed by atoms with Crippen molar-refractivity contribution in [2.75, 3.05) is 39.4 Å². The highest BCUT2D eigenvalue weighted by atomic mass is 16.5. The summed E-state index contributed by atoms with van der Waals surface area (Å²) in [6.07, 6.45) is 2.57. The number of fused-ring (bicyclic) bond motifs is 4. The number of hydrogen-bond acceptors (Lipinski definition) is 12. The predicted octanol–water partition coefficient (Wildman–Crippen LogP) is 4.49. The van der Waals surface area contributed by atoms with Crippen LogP contribution in [-0.4, -0.2) is 102 Å². The third kappa shape index (κ3) is 10.2. The van der Waals surface area contributed by atoms with Gasteiger partial charge in [0, 0.05) is 49.5 Å². The maximum Gasteiger partial charge on any atom is 0.407 e. The van der Waals surface area contributed by atoms with Gasteiger partial charge in [0.15, 0.2) is 11.6 Å². The van der Waals surface area contributed by atoms with Crippen molar-refractivity contribution in [3.05, 3.63) is 101 Å². The molecule has 0 spiro atoms. The second kappa shape index (κ2) is 19.3. The first-order chi connectivity index (χ1) is 30.3. The molecule has 7 rings (SSSR count). The Bertz CT molecular complexity index is 2460. The van der Waals surface area contributed by atoms with Gasteiger partial charge in [0.2, 0.25) is 11.8 Å². The number of likely N-dealkylation sites (tertiary alicyclic amines) is 1. The van der Waals surface area contributed by atoms with Crippen molar-refractivity contribution in [1.82, 2.24) is 36.1 Å². The smallest absolute Gasteiger partial charge is 0.407 e. The molecule has 1 saturated carbocycles. The van der Waals surface area contributed by atoms with Crippen molar-refractivity contribution in [3.63, 3.8) is 0 Å². The number of alkyl carbamates (subject to hydrolysis) is 1. The van der Waals surface area contributed by atoms with Crippen LogP contribution in [0.5, 0.6) is 5.75 Å². The largest absolute Gasteiger partial charge is 0.494 e. The van der Waals surface area contributed by atoms with Gasteiger partial charge in [-0.3, -0.25) is 24.0 Å². The molecule has 3 aliphatic rings. The molecule has 2 atom stereocenters. The second-order valence-corrected chi connectivity index (χ2v) is 16.7. The molecule has 2 aliphatic carbocycles. The number of nitriles is 1. The molecule has 3 aromatic carbocycles. The highest BCUT2D eigenvalue weighted by molar-refractivity contribution is 6.22. The van der Waals surface area contributed by atoms with E-state index in [2.05, 4.69) is 37.3 Å². The van der Waals surface area contributed by atoms with Crippen LogP contribution in [0.1, 0.15) is 80.4 Å². The van der Waals surface area contributed by atoms with E-state index in [1.54, 1.807) is 25.1 Å². The van der Waals surface area contributed by atoms with E-state index in [9.17, 15) is 34.0 Å². The number of aromatic nitrogens is 2. The molecule has 16 nitrogen and oxygen atoms in total. The summed E-state index contributed by atoms with van der Waals surface area (Å²) in [6, 6.07) is 21.4. The lowest BCUT2D eigenvalue weighted by molar-refractivity contribution is -0.130. The number of ether oxygens (including phenoxy) is 2. The quantitative estimate of drug-likeness (QED) is 0.0739. The van der Waals surface area contributed by atoms with Crippen molar-refractivity contribution in [2.45, 2.75) is 70.9 Å². The molecule has 4 N–H and O–H groups in total. The molecular formula is C47H50N8O8. The highest BCUT2D eigenvalue weighted by Crippen LogP contribution is 2.44. The normalized spacial score (nSPS) is 17.0. The lowest BCUT2D eigenvalue weighted by Crippen LogP contribution is -2.52. The average Bonchev–Trinajstić information content (AvgIpc) is 3.88. The Labute approximate surface area is 364 Å². The van der Waals surface area contributed by atoms with Crippen LogP contribution < -0.4 is 26.0 Å². The number of carbonyl (C=O) groups excluding carboxylic acids is 6. The standard InChI is InChI=1S/C47H50N8O8/c1-28(42-39(56)21-47(2,3)22-40(42)57)50-24-38(54-46(61)63-26-36-33-13-6-4-11-31(33)32-12-5-7-14-34(32)36)44(59)49-17-9-19-62-30-15-16-37-35(20-30)43(53-27-52-37)45(60)51-25-41(58)55-18-8-10-29(55)23-48/h4-7,11-16,20,27,29,36,38,50H,8-10,17-19,21-22,24-26H2,1-3H3,(H,49,59)(H,51,60)(H,54,61)/t29-,38+/m0/s1. The molecule has 2 fully saturated rings. The minimum Gasteiger partial charge on any atom is -0.494 e. The zero-order valence-corrected chi connectivity index (χ0v) is 35.5. The Balaban J connectivity index is 0.955. The van der Waals surface area contributed by atoms with Crippen molar-refractivity contribution in [2.24, 2.45) is 5.41 Å². The van der Waals surface area contributed by atoms with Gasteiger partial charge in [0.25, 0.3) is 5.91 Å². The summed E-state index contributed by atoms with van der Waals surface area (Å²) in [4.78, 5) is 88.7. The Hall–Kier alpha value is -7.15. The third-order valence-corrected chi connectivity index (χ3v) is 11.6. The molecule has 4 amide bonds. The summed E-state index contributed by atoms with van der Waals surface area (Å²) in [7, 11) is 0. The number of nitrogens with zero attached hydrogens (tertiary/aromatic N) is 4. The number of Topliss-reactive ketones (excluding diaryl/α,β-unsaturated/α-hetero) is 2. The van der Waals surface area contributed by atoms with Crippen molar-refractivity contribution < 1.29 is 38.2 Å². The van der Waals surface area contributed by atoms with Gasteiger partial charge in [-0.1, -0.05) is 62.4 Å². The van der Waals surface area contributed by atoms with Gasteiger partial charge in [-0.25, -0.2) is 14.8 Å². The zero-order valence-electron chi connectivity index (χ0n) is 35.5. The van der Waals surface area contributed by atoms with Crippen LogP contribution in [0.4, 0.5) is 4.79 Å². The number of carbonyl (C=O) groups is 6. The molecule has 0 unspecified atom stereocenters. The summed E-state index contributed by atoms with van der Waals surface area (Å²) in [5, 5.41) is 20.9. The molecule has 16 heteroatoms. The number of ketones is 2. The van der Waals surface area contributed by atoms with Gasteiger partial charge in [-0.05, 0) is 72.1 Å². The molecule has 1 saturated heterocycles. The summed E-state index contributed by atoms with van der Waals surface area (Å²) >= 11 is 0. The molecule has 63 heavy (non-hydrogen) atoms. The minimum atomic E-state index is -1.15. The van der Waals surface area contributed by atoms with Crippen LogP contribution in [0, 0.1) is 16.7 Å². The van der Waals surface area contributed by atoms with E-state index in [1.165, 1.54) is 11.2 Å². The van der Waals surface area contributed by atoms with Gasteiger partial charge in [-0.2, -0.15) is 5.26 Å². The van der Waals surface area contributed by atoms with Crippen molar-refractivity contribution in [1.29, 1.82) is 5.26 Å². The highest BCUT2D eigenvalue weighted by Gasteiger charge is 2.37. The van der Waals surface area contributed by atoms with Crippen molar-refractivity contribution in [3.8, 4) is 22.9 Å². The monoisotopic (exact) mass is 854 g/mol. The summed E-state index contributed by atoms with van der Waals surface area (Å²) in [5.74, 6) is -1.77. The minimum absolute atomic E-state index is 0.0377. The van der Waals surface area contributed by atoms with Crippen LogP contribution in [-0.2, 0) is 23.9 Å². The van der Waals surface area contributed by atoms with Crippen LogP contribution in [0.15, 0.2) is 84.3 Å². The number of amides is 4. The summed E-state index contributed by atoms with van der Waals surface area (Å²) < 4.78 is 11.7. The zero-order chi connectivity index (χ0) is 44.7. The fraction of sp³-hybridized carbons (Fsp3) is 0.383. The fourth-order valence-corrected chi connectivity index (χ4v) is 8.46. The Morgan fingerprint density at radius 2 is 1.63 bits per heavy atom. The first-order valence-electron chi connectivity index (χ1n) is 21.1. The van der Waals surface area contributed by atoms with E-state index in [0.717, 1.165) is 28.7 Å². The maximum absolute atomic E-state index is 13.6. The van der Waals surface area contributed by atoms with Crippen LogP contribution in [0.25, 0.3) is 22.0 Å². The molecule has 2 heterocycles. The Morgan fingerprint density at radius 3 is 2.33 bits per heavy atom. The molecular weight excluding hydrogens is 805 g/mol. The van der Waals surface area contributed by atoms with Gasteiger partial charge in [-0.15, -0.1) is 0 Å². The van der Waals surface area contributed by atoms with E-state index in [-0.39, 0.29) is 80.3 Å². The number of benzene rings is 3. The number of nitrogens with one attached hydrogen (secondary N) is 4.